The van der Waals surface area contributed by atoms with E-state index in [1.165, 1.54) is 18.3 Å². The number of nitrogens with zero attached hydrogens (tertiary/aromatic N) is 1. The van der Waals surface area contributed by atoms with E-state index >= 15 is 0 Å². The Morgan fingerprint density at radius 2 is 2.05 bits per heavy atom. The highest BCUT2D eigenvalue weighted by Crippen LogP contribution is 2.24. The predicted octanol–water partition coefficient (Wildman–Crippen LogP) is 3.32. The van der Waals surface area contributed by atoms with Gasteiger partial charge in [-0.1, -0.05) is 17.7 Å². The minimum absolute atomic E-state index is 0.0393. The second kappa shape index (κ2) is 5.83. The Kier molecular flexibility index (Phi) is 4.14. The van der Waals surface area contributed by atoms with E-state index in [1.807, 2.05) is 0 Å². The summed E-state index contributed by atoms with van der Waals surface area (Å²) < 4.78 is 25.8. The number of carboxylic acids is 1. The molecule has 0 unspecified atom stereocenters. The Bertz CT molecular complexity index is 665. The number of aromatic carboxylic acids is 1. The molecule has 1 aromatic carbocycles. The SMILES string of the molecule is O=C(O)c1ccnc(NCc2ccc(F)c(F)c2)c1Cl. The third-order valence-corrected chi connectivity index (χ3v) is 2.95. The Labute approximate surface area is 118 Å². The molecular formula is C13H9ClF2N2O2. The molecule has 0 bridgehead atoms. The summed E-state index contributed by atoms with van der Waals surface area (Å²) in [6.07, 6.45) is 1.29. The standard InChI is InChI=1S/C13H9ClF2N2O2/c14-11-8(13(19)20)3-4-17-12(11)18-6-7-1-2-9(15)10(16)5-7/h1-5H,6H2,(H,17,18)(H,19,20). The van der Waals surface area contributed by atoms with E-state index in [4.69, 9.17) is 16.7 Å². The van der Waals surface area contributed by atoms with Crippen LogP contribution in [0, 0.1) is 11.6 Å². The van der Waals surface area contributed by atoms with Crippen LogP contribution in [0.15, 0.2) is 30.5 Å². The molecule has 0 radical (unpaired) electrons. The van der Waals surface area contributed by atoms with E-state index in [0.717, 1.165) is 12.1 Å². The van der Waals surface area contributed by atoms with Gasteiger partial charge in [0.05, 0.1) is 10.6 Å². The molecule has 1 aromatic heterocycles. The Morgan fingerprint density at radius 3 is 2.70 bits per heavy atom. The third-order valence-electron chi connectivity index (χ3n) is 2.56. The van der Waals surface area contributed by atoms with Crippen LogP contribution in [0.4, 0.5) is 14.6 Å². The summed E-state index contributed by atoms with van der Waals surface area (Å²) in [4.78, 5) is 14.8. The topological polar surface area (TPSA) is 62.2 Å². The molecule has 0 saturated carbocycles. The first-order valence-corrected chi connectivity index (χ1v) is 5.92. The van der Waals surface area contributed by atoms with E-state index < -0.39 is 17.6 Å². The first-order valence-electron chi connectivity index (χ1n) is 5.54. The minimum atomic E-state index is -1.17. The number of hydrogen-bond donors (Lipinski definition) is 2. The first-order chi connectivity index (χ1) is 9.49. The van der Waals surface area contributed by atoms with Crippen LogP contribution < -0.4 is 5.32 Å². The van der Waals surface area contributed by atoms with Gasteiger partial charge in [0.2, 0.25) is 0 Å². The fourth-order valence-corrected chi connectivity index (χ4v) is 1.83. The van der Waals surface area contributed by atoms with Gasteiger partial charge in [-0.25, -0.2) is 18.6 Å². The lowest BCUT2D eigenvalue weighted by Crippen LogP contribution is -2.06. The maximum Gasteiger partial charge on any atom is 0.337 e. The molecule has 104 valence electrons. The van der Waals surface area contributed by atoms with Gasteiger partial charge in [0.1, 0.15) is 5.82 Å². The van der Waals surface area contributed by atoms with Crippen LogP contribution in [-0.4, -0.2) is 16.1 Å². The van der Waals surface area contributed by atoms with Crippen molar-refractivity contribution < 1.29 is 18.7 Å². The Morgan fingerprint density at radius 1 is 1.30 bits per heavy atom. The van der Waals surface area contributed by atoms with Gasteiger partial charge in [-0.15, -0.1) is 0 Å². The second-order valence-corrected chi connectivity index (χ2v) is 4.31. The molecule has 2 rings (SSSR count). The number of benzene rings is 1. The van der Waals surface area contributed by atoms with Gasteiger partial charge >= 0.3 is 5.97 Å². The highest BCUT2D eigenvalue weighted by atomic mass is 35.5. The molecule has 2 N–H and O–H groups in total. The zero-order valence-corrected chi connectivity index (χ0v) is 10.8. The van der Waals surface area contributed by atoms with Crippen molar-refractivity contribution in [2.24, 2.45) is 0 Å². The van der Waals surface area contributed by atoms with E-state index in [1.54, 1.807) is 0 Å². The number of carboxylic acid groups (broad SMARTS) is 1. The number of halogens is 3. The molecule has 0 atom stereocenters. The molecule has 0 amide bonds. The fraction of sp³-hybridized carbons (Fsp3) is 0.0769. The highest BCUT2D eigenvalue weighted by Gasteiger charge is 2.13. The maximum atomic E-state index is 13.0. The van der Waals surface area contributed by atoms with Crippen molar-refractivity contribution in [1.29, 1.82) is 0 Å². The predicted molar refractivity (Wildman–Crippen MR) is 69.9 cm³/mol. The van der Waals surface area contributed by atoms with Crippen LogP contribution >= 0.6 is 11.6 Å². The molecule has 0 fully saturated rings. The number of carbonyl (C=O) groups is 1. The summed E-state index contributed by atoms with van der Waals surface area (Å²) in [6, 6.07) is 4.72. The van der Waals surface area contributed by atoms with Crippen LogP contribution in [0.1, 0.15) is 15.9 Å². The van der Waals surface area contributed by atoms with Crippen molar-refractivity contribution in [3.8, 4) is 0 Å². The molecule has 20 heavy (non-hydrogen) atoms. The monoisotopic (exact) mass is 298 g/mol. The van der Waals surface area contributed by atoms with Crippen molar-refractivity contribution in [2.75, 3.05) is 5.32 Å². The summed E-state index contributed by atoms with van der Waals surface area (Å²) in [6.45, 7) is 0.132. The molecule has 2 aromatic rings. The summed E-state index contributed by atoms with van der Waals surface area (Å²) >= 11 is 5.89. The van der Waals surface area contributed by atoms with Gasteiger partial charge in [-0.2, -0.15) is 0 Å². The van der Waals surface area contributed by atoms with Gasteiger partial charge in [-0.3, -0.25) is 0 Å². The van der Waals surface area contributed by atoms with E-state index in [9.17, 15) is 13.6 Å². The minimum Gasteiger partial charge on any atom is -0.478 e. The van der Waals surface area contributed by atoms with Gasteiger partial charge < -0.3 is 10.4 Å². The largest absolute Gasteiger partial charge is 0.478 e. The highest BCUT2D eigenvalue weighted by molar-refractivity contribution is 6.35. The molecular weight excluding hydrogens is 290 g/mol. The van der Waals surface area contributed by atoms with Crippen molar-refractivity contribution in [2.45, 2.75) is 6.54 Å². The fourth-order valence-electron chi connectivity index (χ4n) is 1.57. The van der Waals surface area contributed by atoms with E-state index in [-0.39, 0.29) is 22.9 Å². The van der Waals surface area contributed by atoms with Gasteiger partial charge in [0, 0.05) is 12.7 Å². The van der Waals surface area contributed by atoms with Gasteiger partial charge in [0.25, 0.3) is 0 Å². The third kappa shape index (κ3) is 3.03. The van der Waals surface area contributed by atoms with Crippen molar-refractivity contribution in [3.63, 3.8) is 0 Å². The smallest absolute Gasteiger partial charge is 0.337 e. The molecule has 4 nitrogen and oxygen atoms in total. The Balaban J connectivity index is 2.17. The normalized spacial score (nSPS) is 10.3. The Hall–Kier alpha value is -2.21. The van der Waals surface area contributed by atoms with Crippen molar-refractivity contribution in [1.82, 2.24) is 4.98 Å². The maximum absolute atomic E-state index is 13.0. The number of aromatic nitrogens is 1. The van der Waals surface area contributed by atoms with Crippen LogP contribution in [0.3, 0.4) is 0 Å². The summed E-state index contributed by atoms with van der Waals surface area (Å²) in [5.41, 5.74) is 0.386. The number of anilines is 1. The summed E-state index contributed by atoms with van der Waals surface area (Å²) in [5, 5.41) is 11.6. The quantitative estimate of drug-likeness (QED) is 0.909. The van der Waals surface area contributed by atoms with Gasteiger partial charge in [-0.05, 0) is 23.8 Å². The lowest BCUT2D eigenvalue weighted by molar-refractivity contribution is 0.0697. The number of pyridine rings is 1. The number of rotatable bonds is 4. The van der Waals surface area contributed by atoms with E-state index in [0.29, 0.717) is 5.56 Å². The van der Waals surface area contributed by atoms with Crippen LogP contribution in [0.2, 0.25) is 5.02 Å². The number of hydrogen-bond acceptors (Lipinski definition) is 3. The van der Waals surface area contributed by atoms with Gasteiger partial charge in [0.15, 0.2) is 11.6 Å². The average Bonchev–Trinajstić information content (AvgIpc) is 2.41. The summed E-state index contributed by atoms with van der Waals surface area (Å²) in [7, 11) is 0. The molecule has 0 aliphatic carbocycles. The van der Waals surface area contributed by atoms with Crippen LogP contribution in [-0.2, 0) is 6.54 Å². The van der Waals surface area contributed by atoms with Crippen molar-refractivity contribution >= 4 is 23.4 Å². The average molecular weight is 299 g/mol. The second-order valence-electron chi connectivity index (χ2n) is 3.93. The zero-order valence-electron chi connectivity index (χ0n) is 10.0. The van der Waals surface area contributed by atoms with E-state index in [2.05, 4.69) is 10.3 Å². The zero-order chi connectivity index (χ0) is 14.7. The lowest BCUT2D eigenvalue weighted by Gasteiger charge is -2.09. The molecule has 0 aliphatic heterocycles. The van der Waals surface area contributed by atoms with Crippen LogP contribution in [0.25, 0.3) is 0 Å². The van der Waals surface area contributed by atoms with Crippen LogP contribution in [0.5, 0.6) is 0 Å². The first kappa shape index (κ1) is 14.2. The molecule has 1 heterocycles. The lowest BCUT2D eigenvalue weighted by atomic mass is 10.2. The molecule has 0 aliphatic rings. The van der Waals surface area contributed by atoms with Crippen molar-refractivity contribution in [3.05, 3.63) is 58.2 Å². The molecule has 0 spiro atoms. The molecule has 7 heteroatoms. The number of nitrogens with one attached hydrogen (secondary N) is 1. The summed E-state index contributed by atoms with van der Waals surface area (Å²) in [5.74, 6) is -2.90. The molecule has 0 saturated heterocycles.